The number of rotatable bonds is 3. The Kier molecular flexibility index (Phi) is 4.58. The van der Waals surface area contributed by atoms with Crippen molar-refractivity contribution >= 4 is 5.91 Å². The smallest absolute Gasteiger partial charge is 0.223 e. The predicted molar refractivity (Wildman–Crippen MR) is 62.4 cm³/mol. The maximum atomic E-state index is 12.0. The molecule has 3 N–H and O–H groups in total. The predicted octanol–water partition coefficient (Wildman–Crippen LogP) is 1.66. The molecule has 1 aliphatic carbocycles. The van der Waals surface area contributed by atoms with E-state index < -0.39 is 0 Å². The van der Waals surface area contributed by atoms with Gasteiger partial charge in [0.15, 0.2) is 0 Å². The number of hydrogen-bond acceptors (Lipinski definition) is 2. The van der Waals surface area contributed by atoms with Crippen LogP contribution >= 0.6 is 0 Å². The average molecular weight is 212 g/mol. The van der Waals surface area contributed by atoms with Gasteiger partial charge in [-0.15, -0.1) is 0 Å². The molecule has 1 aliphatic rings. The molecule has 4 atom stereocenters. The molecule has 4 unspecified atom stereocenters. The lowest BCUT2D eigenvalue weighted by Crippen LogP contribution is -2.46. The minimum absolute atomic E-state index is 0.128. The highest BCUT2D eigenvalue weighted by Crippen LogP contribution is 2.29. The summed E-state index contributed by atoms with van der Waals surface area (Å²) >= 11 is 0. The molecule has 0 heterocycles. The number of hydrogen-bond donors (Lipinski definition) is 2. The van der Waals surface area contributed by atoms with Crippen LogP contribution in [-0.2, 0) is 4.79 Å². The quantitative estimate of drug-likeness (QED) is 0.747. The molecule has 0 saturated heterocycles. The Balaban J connectivity index is 2.50. The van der Waals surface area contributed by atoms with Crippen LogP contribution in [0.5, 0.6) is 0 Å². The maximum Gasteiger partial charge on any atom is 0.223 e. The Morgan fingerprint density at radius 3 is 2.80 bits per heavy atom. The van der Waals surface area contributed by atoms with Gasteiger partial charge in [-0.25, -0.2) is 0 Å². The van der Waals surface area contributed by atoms with Gasteiger partial charge in [-0.05, 0) is 32.1 Å². The third-order valence-corrected chi connectivity index (χ3v) is 3.70. The molecule has 1 rings (SSSR count). The van der Waals surface area contributed by atoms with Crippen molar-refractivity contribution in [3.63, 3.8) is 0 Å². The van der Waals surface area contributed by atoms with Crippen LogP contribution in [0.25, 0.3) is 0 Å². The van der Waals surface area contributed by atoms with E-state index in [9.17, 15) is 4.79 Å². The van der Waals surface area contributed by atoms with E-state index in [2.05, 4.69) is 19.2 Å². The van der Waals surface area contributed by atoms with Crippen molar-refractivity contribution in [1.82, 2.24) is 5.32 Å². The monoisotopic (exact) mass is 212 g/mol. The Morgan fingerprint density at radius 1 is 1.53 bits per heavy atom. The second-order valence-electron chi connectivity index (χ2n) is 4.88. The van der Waals surface area contributed by atoms with Gasteiger partial charge in [-0.3, -0.25) is 4.79 Å². The zero-order valence-corrected chi connectivity index (χ0v) is 10.1. The molecule has 1 fully saturated rings. The summed E-state index contributed by atoms with van der Waals surface area (Å²) in [6.07, 6.45) is 4.13. The molecule has 1 amide bonds. The van der Waals surface area contributed by atoms with Crippen LogP contribution in [0.2, 0.25) is 0 Å². The van der Waals surface area contributed by atoms with Crippen molar-refractivity contribution in [2.45, 2.75) is 58.5 Å². The number of amides is 1. The lowest BCUT2D eigenvalue weighted by atomic mass is 9.77. The lowest BCUT2D eigenvalue weighted by Gasteiger charge is -2.33. The molecule has 88 valence electrons. The summed E-state index contributed by atoms with van der Waals surface area (Å²) in [6, 6.07) is 0.481. The minimum Gasteiger partial charge on any atom is -0.353 e. The summed E-state index contributed by atoms with van der Waals surface area (Å²) < 4.78 is 0. The van der Waals surface area contributed by atoms with Crippen molar-refractivity contribution in [3.8, 4) is 0 Å². The van der Waals surface area contributed by atoms with E-state index in [0.29, 0.717) is 5.92 Å². The van der Waals surface area contributed by atoms with Crippen molar-refractivity contribution in [2.24, 2.45) is 17.6 Å². The molecule has 0 aromatic carbocycles. The Morgan fingerprint density at radius 2 is 2.20 bits per heavy atom. The standard InChI is InChI=1S/C12H24N2O/c1-4-8(2)14-12(15)10-6-5-7-11(13)9(10)3/h8-11H,4-7,13H2,1-3H3,(H,14,15). The fraction of sp³-hybridized carbons (Fsp3) is 0.917. The van der Waals surface area contributed by atoms with Crippen molar-refractivity contribution < 1.29 is 4.79 Å². The highest BCUT2D eigenvalue weighted by atomic mass is 16.1. The van der Waals surface area contributed by atoms with Crippen molar-refractivity contribution in [1.29, 1.82) is 0 Å². The summed E-state index contributed by atoms with van der Waals surface area (Å²) in [5.41, 5.74) is 5.99. The van der Waals surface area contributed by atoms with Gasteiger partial charge in [0, 0.05) is 18.0 Å². The van der Waals surface area contributed by atoms with Gasteiger partial charge < -0.3 is 11.1 Å². The van der Waals surface area contributed by atoms with Crippen LogP contribution in [0.1, 0.15) is 46.5 Å². The molecule has 1 saturated carbocycles. The van der Waals surface area contributed by atoms with E-state index in [1.165, 1.54) is 0 Å². The first-order valence-electron chi connectivity index (χ1n) is 6.12. The molecule has 0 radical (unpaired) electrons. The minimum atomic E-state index is 0.128. The van der Waals surface area contributed by atoms with Gasteiger partial charge in [0.2, 0.25) is 5.91 Å². The van der Waals surface area contributed by atoms with E-state index in [0.717, 1.165) is 25.7 Å². The molecule has 0 spiro atoms. The summed E-state index contributed by atoms with van der Waals surface area (Å²) in [6.45, 7) is 6.23. The molecule has 0 aromatic heterocycles. The first-order valence-corrected chi connectivity index (χ1v) is 6.12. The fourth-order valence-electron chi connectivity index (χ4n) is 2.22. The Labute approximate surface area is 92.8 Å². The number of nitrogens with two attached hydrogens (primary N) is 1. The van der Waals surface area contributed by atoms with Crippen LogP contribution in [0, 0.1) is 11.8 Å². The summed E-state index contributed by atoms with van der Waals surface area (Å²) in [5.74, 6) is 0.651. The van der Waals surface area contributed by atoms with Crippen LogP contribution in [0.15, 0.2) is 0 Å². The molecule has 3 heteroatoms. The van der Waals surface area contributed by atoms with Gasteiger partial charge in [0.05, 0.1) is 0 Å². The highest BCUT2D eigenvalue weighted by molar-refractivity contribution is 5.79. The second kappa shape index (κ2) is 5.50. The molecule has 0 aromatic rings. The fourth-order valence-corrected chi connectivity index (χ4v) is 2.22. The van der Waals surface area contributed by atoms with Crippen molar-refractivity contribution in [2.75, 3.05) is 0 Å². The molecular formula is C12H24N2O. The number of carbonyl (C=O) groups is 1. The molecular weight excluding hydrogens is 188 g/mol. The van der Waals surface area contributed by atoms with Gasteiger partial charge in [-0.2, -0.15) is 0 Å². The van der Waals surface area contributed by atoms with E-state index in [4.69, 9.17) is 5.73 Å². The zero-order chi connectivity index (χ0) is 11.4. The zero-order valence-electron chi connectivity index (χ0n) is 10.1. The topological polar surface area (TPSA) is 55.1 Å². The van der Waals surface area contributed by atoms with Crippen LogP contribution in [-0.4, -0.2) is 18.0 Å². The summed E-state index contributed by atoms with van der Waals surface area (Å²) in [7, 11) is 0. The van der Waals surface area contributed by atoms with Gasteiger partial charge in [0.1, 0.15) is 0 Å². The van der Waals surface area contributed by atoms with Crippen LogP contribution in [0.3, 0.4) is 0 Å². The third kappa shape index (κ3) is 3.20. The summed E-state index contributed by atoms with van der Waals surface area (Å²) in [5, 5.41) is 3.06. The Hall–Kier alpha value is -0.570. The first-order chi connectivity index (χ1) is 7.06. The third-order valence-electron chi connectivity index (χ3n) is 3.70. The largest absolute Gasteiger partial charge is 0.353 e. The number of nitrogens with one attached hydrogen (secondary N) is 1. The van der Waals surface area contributed by atoms with Gasteiger partial charge in [-0.1, -0.05) is 20.3 Å². The highest BCUT2D eigenvalue weighted by Gasteiger charge is 2.32. The normalized spacial score (nSPS) is 33.5. The van der Waals surface area contributed by atoms with Gasteiger partial charge >= 0.3 is 0 Å². The SMILES string of the molecule is CCC(C)NC(=O)C1CCCC(N)C1C. The van der Waals surface area contributed by atoms with Gasteiger partial charge in [0.25, 0.3) is 0 Å². The summed E-state index contributed by atoms with van der Waals surface area (Å²) in [4.78, 5) is 12.0. The second-order valence-corrected chi connectivity index (χ2v) is 4.88. The molecule has 3 nitrogen and oxygen atoms in total. The van der Waals surface area contributed by atoms with E-state index >= 15 is 0 Å². The molecule has 0 bridgehead atoms. The van der Waals surface area contributed by atoms with Crippen molar-refractivity contribution in [3.05, 3.63) is 0 Å². The Bertz CT molecular complexity index is 218. The lowest BCUT2D eigenvalue weighted by molar-refractivity contribution is -0.128. The number of carbonyl (C=O) groups excluding carboxylic acids is 1. The van der Waals surface area contributed by atoms with Crippen LogP contribution < -0.4 is 11.1 Å². The van der Waals surface area contributed by atoms with Crippen LogP contribution in [0.4, 0.5) is 0 Å². The van der Waals surface area contributed by atoms with E-state index in [-0.39, 0.29) is 23.9 Å². The van der Waals surface area contributed by atoms with E-state index in [1.807, 2.05) is 6.92 Å². The molecule has 15 heavy (non-hydrogen) atoms. The molecule has 0 aliphatic heterocycles. The average Bonchev–Trinajstić information content (AvgIpc) is 2.21. The van der Waals surface area contributed by atoms with E-state index in [1.54, 1.807) is 0 Å². The maximum absolute atomic E-state index is 12.0. The first kappa shape index (κ1) is 12.5.